The maximum Gasteiger partial charge on any atom is 0.0428 e. The Kier molecular flexibility index (Phi) is 1.02. The molecule has 0 aromatic heterocycles. The van der Waals surface area contributed by atoms with Gasteiger partial charge in [-0.3, -0.25) is 0 Å². The van der Waals surface area contributed by atoms with Crippen molar-refractivity contribution in [3.05, 3.63) is 0 Å². The summed E-state index contributed by atoms with van der Waals surface area (Å²) in [7, 11) is 0. The zero-order chi connectivity index (χ0) is 5.40. The summed E-state index contributed by atoms with van der Waals surface area (Å²) < 4.78 is 0. The van der Waals surface area contributed by atoms with E-state index in [9.17, 15) is 0 Å². The molecule has 0 aromatic carbocycles. The molecule has 0 aromatic rings. The highest BCUT2D eigenvalue weighted by molar-refractivity contribution is 4.90. The van der Waals surface area contributed by atoms with Crippen molar-refractivity contribution in [1.29, 1.82) is 0 Å². The highest BCUT2D eigenvalue weighted by Crippen LogP contribution is 2.20. The zero-order valence-corrected chi connectivity index (χ0v) is 4.88. The number of fused-ring (bicyclic) bond motifs is 1. The summed E-state index contributed by atoms with van der Waals surface area (Å²) in [5.41, 5.74) is 0. The average Bonchev–Trinajstić information content (AvgIpc) is 2.15. The van der Waals surface area contributed by atoms with E-state index < -0.39 is 0 Å². The van der Waals surface area contributed by atoms with Crippen molar-refractivity contribution in [3.8, 4) is 0 Å². The summed E-state index contributed by atoms with van der Waals surface area (Å²) >= 11 is 0. The van der Waals surface area contributed by atoms with Gasteiger partial charge >= 0.3 is 0 Å². The van der Waals surface area contributed by atoms with Crippen LogP contribution in [0, 0.1) is 5.92 Å². The monoisotopic (exact) mass is 110 g/mol. The first kappa shape index (κ1) is 4.77. The predicted octanol–water partition coefficient (Wildman–Crippen LogP) is -0.403. The van der Waals surface area contributed by atoms with Crippen LogP contribution in [0.25, 0.3) is 0 Å². The fourth-order valence-corrected chi connectivity index (χ4v) is 1.54. The lowest BCUT2D eigenvalue weighted by atomic mass is 10.1. The molecular weight excluding hydrogens is 100 g/mol. The summed E-state index contributed by atoms with van der Waals surface area (Å²) in [5.74, 6) is 0.843. The Hall–Kier alpha value is -0.0800. The average molecular weight is 110 g/mol. The van der Waals surface area contributed by atoms with E-state index in [1.165, 1.54) is 6.42 Å². The molecule has 0 N–H and O–H groups in total. The molecule has 2 nitrogen and oxygen atoms in total. The van der Waals surface area contributed by atoms with Gasteiger partial charge in [-0.15, -0.1) is 0 Å². The third-order valence-electron chi connectivity index (χ3n) is 2.09. The minimum atomic E-state index is 0.634. The molecule has 2 rings (SSSR count). The summed E-state index contributed by atoms with van der Waals surface area (Å²) in [4.78, 5) is 0. The molecule has 0 aliphatic carbocycles. The molecule has 2 heterocycles. The smallest absolute Gasteiger partial charge is 0.0428 e. The summed E-state index contributed by atoms with van der Waals surface area (Å²) in [6.07, 6.45) is 1.30. The van der Waals surface area contributed by atoms with Gasteiger partial charge in [-0.2, -0.15) is 0 Å². The first-order chi connectivity index (χ1) is 3.97. The highest BCUT2D eigenvalue weighted by atomic mass is 15.1. The van der Waals surface area contributed by atoms with Gasteiger partial charge in [-0.25, -0.2) is 10.6 Å². The minimum Gasteiger partial charge on any atom is -0.240 e. The van der Waals surface area contributed by atoms with Crippen molar-refractivity contribution < 1.29 is 0 Å². The van der Waals surface area contributed by atoms with Gasteiger partial charge in [0.1, 0.15) is 0 Å². The van der Waals surface area contributed by atoms with Crippen molar-refractivity contribution in [2.45, 2.75) is 12.5 Å². The Morgan fingerprint density at radius 3 is 3.12 bits per heavy atom. The van der Waals surface area contributed by atoms with Crippen molar-refractivity contribution in [3.63, 3.8) is 0 Å². The lowest BCUT2D eigenvalue weighted by Crippen LogP contribution is -2.20. The summed E-state index contributed by atoms with van der Waals surface area (Å²) in [6.45, 7) is 3.21. The summed E-state index contributed by atoms with van der Waals surface area (Å²) in [5, 5.41) is 8.68. The van der Waals surface area contributed by atoms with Crippen LogP contribution in [0.1, 0.15) is 6.42 Å². The van der Waals surface area contributed by atoms with E-state index in [2.05, 4.69) is 10.6 Å². The molecule has 2 aliphatic rings. The molecule has 0 saturated carbocycles. The van der Waals surface area contributed by atoms with Crippen molar-refractivity contribution in [2.24, 2.45) is 5.92 Å². The van der Waals surface area contributed by atoms with E-state index in [1.54, 1.807) is 0 Å². The van der Waals surface area contributed by atoms with Crippen LogP contribution in [-0.4, -0.2) is 25.7 Å². The van der Waals surface area contributed by atoms with E-state index in [0.29, 0.717) is 6.04 Å². The molecule has 2 atom stereocenters. The Morgan fingerprint density at radius 2 is 2.25 bits per heavy atom. The molecule has 44 valence electrons. The molecule has 2 saturated heterocycles. The van der Waals surface area contributed by atoms with E-state index >= 15 is 0 Å². The van der Waals surface area contributed by atoms with Crippen molar-refractivity contribution in [2.75, 3.05) is 19.6 Å². The molecule has 0 bridgehead atoms. The zero-order valence-electron chi connectivity index (χ0n) is 4.88. The topological polar surface area (TPSA) is 28.2 Å². The second kappa shape index (κ2) is 1.71. The molecular formula is C6H10N2. The van der Waals surface area contributed by atoms with E-state index in [1.807, 2.05) is 0 Å². The second-order valence-corrected chi connectivity index (χ2v) is 2.61. The number of rotatable bonds is 0. The molecule has 2 radical (unpaired) electrons. The molecule has 2 heteroatoms. The van der Waals surface area contributed by atoms with Gasteiger partial charge in [0.25, 0.3) is 0 Å². The number of hydrogen-bond donors (Lipinski definition) is 0. The molecule has 2 fully saturated rings. The Bertz CT molecular complexity index is 72.5. The SMILES string of the molecule is C1CC2C[N]CC2[N]1. The van der Waals surface area contributed by atoms with Gasteiger partial charge in [0.15, 0.2) is 0 Å². The third-order valence-corrected chi connectivity index (χ3v) is 2.09. The van der Waals surface area contributed by atoms with E-state index in [-0.39, 0.29) is 0 Å². The molecule has 2 aliphatic heterocycles. The molecule has 8 heavy (non-hydrogen) atoms. The van der Waals surface area contributed by atoms with Gasteiger partial charge < -0.3 is 0 Å². The fourth-order valence-electron chi connectivity index (χ4n) is 1.54. The normalized spacial score (nSPS) is 45.0. The highest BCUT2D eigenvalue weighted by Gasteiger charge is 2.32. The van der Waals surface area contributed by atoms with Crippen LogP contribution in [0.15, 0.2) is 0 Å². The van der Waals surface area contributed by atoms with Gasteiger partial charge in [0.2, 0.25) is 0 Å². The van der Waals surface area contributed by atoms with Gasteiger partial charge in [-0.1, -0.05) is 0 Å². The number of nitrogens with zero attached hydrogens (tertiary/aromatic N) is 2. The third kappa shape index (κ3) is 0.565. The standard InChI is InChI=1S/C6H10N2/c1-2-8-6-4-7-3-5(1)6/h5-6H,1-4H2. The molecule has 0 spiro atoms. The quantitative estimate of drug-likeness (QED) is 0.406. The van der Waals surface area contributed by atoms with Crippen LogP contribution >= 0.6 is 0 Å². The second-order valence-electron chi connectivity index (χ2n) is 2.61. The lowest BCUT2D eigenvalue weighted by Gasteiger charge is -2.01. The van der Waals surface area contributed by atoms with Gasteiger partial charge in [0.05, 0.1) is 0 Å². The minimum absolute atomic E-state index is 0.634. The van der Waals surface area contributed by atoms with Crippen molar-refractivity contribution >= 4 is 0 Å². The molecule has 2 unspecified atom stereocenters. The van der Waals surface area contributed by atoms with Crippen LogP contribution in [0.3, 0.4) is 0 Å². The Morgan fingerprint density at radius 1 is 1.25 bits per heavy atom. The van der Waals surface area contributed by atoms with Gasteiger partial charge in [0, 0.05) is 25.7 Å². The number of hydrogen-bond acceptors (Lipinski definition) is 0. The first-order valence-corrected chi connectivity index (χ1v) is 3.26. The lowest BCUT2D eigenvalue weighted by molar-refractivity contribution is 0.550. The van der Waals surface area contributed by atoms with Crippen LogP contribution in [-0.2, 0) is 0 Å². The summed E-state index contributed by atoms with van der Waals surface area (Å²) in [6, 6.07) is 0.634. The largest absolute Gasteiger partial charge is 0.240 e. The van der Waals surface area contributed by atoms with Crippen LogP contribution < -0.4 is 10.6 Å². The van der Waals surface area contributed by atoms with Crippen LogP contribution in [0.5, 0.6) is 0 Å². The Labute approximate surface area is 49.7 Å². The first-order valence-electron chi connectivity index (χ1n) is 3.26. The fraction of sp³-hybridized carbons (Fsp3) is 1.00. The van der Waals surface area contributed by atoms with Crippen LogP contribution in [0.2, 0.25) is 0 Å². The van der Waals surface area contributed by atoms with Crippen molar-refractivity contribution in [1.82, 2.24) is 10.6 Å². The Balaban J connectivity index is 2.04. The predicted molar refractivity (Wildman–Crippen MR) is 30.8 cm³/mol. The maximum absolute atomic E-state index is 4.40. The van der Waals surface area contributed by atoms with E-state index in [0.717, 1.165) is 25.6 Å². The molecule has 0 amide bonds. The van der Waals surface area contributed by atoms with E-state index in [4.69, 9.17) is 0 Å². The van der Waals surface area contributed by atoms with Crippen LogP contribution in [0.4, 0.5) is 0 Å². The van der Waals surface area contributed by atoms with Gasteiger partial charge in [-0.05, 0) is 12.3 Å². The maximum atomic E-state index is 4.40.